The van der Waals surface area contributed by atoms with Gasteiger partial charge < -0.3 is 4.90 Å². The number of thiazole rings is 1. The zero-order valence-corrected chi connectivity index (χ0v) is 15.8. The van der Waals surface area contributed by atoms with Crippen LogP contribution in [-0.4, -0.2) is 46.0 Å². The summed E-state index contributed by atoms with van der Waals surface area (Å²) in [6.45, 7) is 3.77. The van der Waals surface area contributed by atoms with Crippen molar-refractivity contribution in [3.05, 3.63) is 39.3 Å². The smallest absolute Gasteiger partial charge is 0.277 e. The molecular formula is C16H17N5O2S2. The van der Waals surface area contributed by atoms with Gasteiger partial charge in [0.1, 0.15) is 4.88 Å². The van der Waals surface area contributed by atoms with E-state index >= 15 is 0 Å². The van der Waals surface area contributed by atoms with Crippen LogP contribution in [0.25, 0.3) is 10.6 Å². The van der Waals surface area contributed by atoms with Crippen LogP contribution in [0.1, 0.15) is 30.7 Å². The van der Waals surface area contributed by atoms with Gasteiger partial charge in [-0.15, -0.1) is 11.3 Å². The largest absolute Gasteiger partial charge is 0.344 e. The Morgan fingerprint density at radius 3 is 2.60 bits per heavy atom. The number of carbonyl (C=O) groups is 2. The molecule has 0 aliphatic rings. The minimum Gasteiger partial charge on any atom is -0.344 e. The van der Waals surface area contributed by atoms with Crippen LogP contribution in [0.5, 0.6) is 0 Å². The maximum absolute atomic E-state index is 12.4. The van der Waals surface area contributed by atoms with Crippen molar-refractivity contribution in [1.82, 2.24) is 20.1 Å². The van der Waals surface area contributed by atoms with E-state index in [-0.39, 0.29) is 17.5 Å². The van der Waals surface area contributed by atoms with E-state index < -0.39 is 0 Å². The summed E-state index contributed by atoms with van der Waals surface area (Å²) in [4.78, 5) is 32.9. The van der Waals surface area contributed by atoms with Crippen molar-refractivity contribution in [3.8, 4) is 10.6 Å². The van der Waals surface area contributed by atoms with Crippen LogP contribution in [0, 0.1) is 13.8 Å². The highest BCUT2D eigenvalue weighted by atomic mass is 32.1. The molecule has 130 valence electrons. The minimum absolute atomic E-state index is 0.134. The molecule has 0 bridgehead atoms. The van der Waals surface area contributed by atoms with Crippen LogP contribution >= 0.6 is 22.7 Å². The molecule has 2 N–H and O–H groups in total. The number of aryl methyl sites for hydroxylation is 2. The van der Waals surface area contributed by atoms with Crippen molar-refractivity contribution in [2.45, 2.75) is 13.8 Å². The summed E-state index contributed by atoms with van der Waals surface area (Å²) in [6.07, 6.45) is 0. The Morgan fingerprint density at radius 1 is 1.20 bits per heavy atom. The first-order chi connectivity index (χ1) is 11.8. The average Bonchev–Trinajstić information content (AvgIpc) is 3.26. The SMILES string of the molecule is Cc1ccc(-c2cc(C(=O)Nc3nc(C)c(C(=O)N(C)C)s3)n[nH]2)s1. The van der Waals surface area contributed by atoms with Crippen molar-refractivity contribution in [3.63, 3.8) is 0 Å². The van der Waals surface area contributed by atoms with Gasteiger partial charge in [-0.2, -0.15) is 5.10 Å². The van der Waals surface area contributed by atoms with Crippen molar-refractivity contribution >= 4 is 39.6 Å². The Balaban J connectivity index is 1.76. The Kier molecular flexibility index (Phi) is 4.69. The van der Waals surface area contributed by atoms with Gasteiger partial charge in [0.05, 0.1) is 16.3 Å². The Morgan fingerprint density at radius 2 is 1.96 bits per heavy atom. The standard InChI is InChI=1S/C16H17N5O2S2/c1-8-5-6-12(24-8)10-7-11(20-19-10)14(22)18-16-17-9(2)13(25-16)15(23)21(3)4/h5-7H,1-4H3,(H,19,20)(H,17,18,22). The molecule has 0 aliphatic heterocycles. The molecular weight excluding hydrogens is 358 g/mol. The molecule has 0 aliphatic carbocycles. The van der Waals surface area contributed by atoms with Crippen LogP contribution in [0.3, 0.4) is 0 Å². The highest BCUT2D eigenvalue weighted by Crippen LogP contribution is 2.27. The van der Waals surface area contributed by atoms with Gasteiger partial charge in [0.2, 0.25) is 0 Å². The number of H-pyrrole nitrogens is 1. The number of nitrogens with one attached hydrogen (secondary N) is 2. The first-order valence-corrected chi connectivity index (χ1v) is 9.11. The molecule has 3 aromatic rings. The summed E-state index contributed by atoms with van der Waals surface area (Å²) in [7, 11) is 3.36. The van der Waals surface area contributed by atoms with Gasteiger partial charge in [0.15, 0.2) is 10.8 Å². The van der Waals surface area contributed by atoms with Gasteiger partial charge in [-0.3, -0.25) is 20.0 Å². The molecule has 3 heterocycles. The first-order valence-electron chi connectivity index (χ1n) is 7.48. The van der Waals surface area contributed by atoms with E-state index in [1.54, 1.807) is 38.4 Å². The van der Waals surface area contributed by atoms with Crippen molar-refractivity contribution in [2.24, 2.45) is 0 Å². The third-order valence-corrected chi connectivity index (χ3v) is 5.53. The molecule has 0 saturated heterocycles. The molecule has 3 aromatic heterocycles. The zero-order chi connectivity index (χ0) is 18.1. The Labute approximate surface area is 152 Å². The molecule has 7 nitrogen and oxygen atoms in total. The minimum atomic E-state index is -0.367. The summed E-state index contributed by atoms with van der Waals surface area (Å²) in [6, 6.07) is 5.70. The van der Waals surface area contributed by atoms with Gasteiger partial charge in [0, 0.05) is 19.0 Å². The molecule has 25 heavy (non-hydrogen) atoms. The highest BCUT2D eigenvalue weighted by molar-refractivity contribution is 7.17. The predicted molar refractivity (Wildman–Crippen MR) is 99.5 cm³/mol. The molecule has 0 unspecified atom stereocenters. The maximum Gasteiger partial charge on any atom is 0.277 e. The normalized spacial score (nSPS) is 10.7. The van der Waals surface area contributed by atoms with Gasteiger partial charge in [-0.25, -0.2) is 4.98 Å². The van der Waals surface area contributed by atoms with Crippen molar-refractivity contribution in [1.29, 1.82) is 0 Å². The average molecular weight is 375 g/mol. The zero-order valence-electron chi connectivity index (χ0n) is 14.2. The van der Waals surface area contributed by atoms with E-state index in [1.807, 2.05) is 19.1 Å². The van der Waals surface area contributed by atoms with Crippen LogP contribution in [0.15, 0.2) is 18.2 Å². The molecule has 2 amide bonds. The van der Waals surface area contributed by atoms with E-state index in [4.69, 9.17) is 0 Å². The first kappa shape index (κ1) is 17.3. The lowest BCUT2D eigenvalue weighted by atomic mass is 10.3. The number of hydrogen-bond acceptors (Lipinski definition) is 6. The number of nitrogens with zero attached hydrogens (tertiary/aromatic N) is 3. The second-order valence-corrected chi connectivity index (χ2v) is 7.95. The van der Waals surface area contributed by atoms with Crippen molar-refractivity contribution < 1.29 is 9.59 Å². The number of rotatable bonds is 4. The second kappa shape index (κ2) is 6.77. The lowest BCUT2D eigenvalue weighted by Crippen LogP contribution is -2.21. The molecule has 0 atom stereocenters. The van der Waals surface area contributed by atoms with E-state index in [0.717, 1.165) is 21.9 Å². The summed E-state index contributed by atoms with van der Waals surface area (Å²) in [5.41, 5.74) is 1.66. The molecule has 0 saturated carbocycles. The fraction of sp³-hybridized carbons (Fsp3) is 0.250. The third kappa shape index (κ3) is 3.62. The molecule has 9 heteroatoms. The second-order valence-electron chi connectivity index (χ2n) is 5.66. The summed E-state index contributed by atoms with van der Waals surface area (Å²) in [5, 5.41) is 10.0. The number of aromatic nitrogens is 3. The van der Waals surface area contributed by atoms with E-state index in [2.05, 4.69) is 20.5 Å². The van der Waals surface area contributed by atoms with Crippen LogP contribution in [-0.2, 0) is 0 Å². The van der Waals surface area contributed by atoms with E-state index in [9.17, 15) is 9.59 Å². The van der Waals surface area contributed by atoms with Crippen LogP contribution in [0.4, 0.5) is 5.13 Å². The van der Waals surface area contributed by atoms with E-state index in [0.29, 0.717) is 15.7 Å². The van der Waals surface area contributed by atoms with Gasteiger partial charge in [0.25, 0.3) is 11.8 Å². The van der Waals surface area contributed by atoms with Gasteiger partial charge in [-0.1, -0.05) is 11.3 Å². The number of carbonyl (C=O) groups excluding carboxylic acids is 2. The number of thiophene rings is 1. The Hall–Kier alpha value is -2.52. The predicted octanol–water partition coefficient (Wildman–Crippen LogP) is 3.17. The van der Waals surface area contributed by atoms with Crippen molar-refractivity contribution in [2.75, 3.05) is 19.4 Å². The monoisotopic (exact) mass is 375 g/mol. The van der Waals surface area contributed by atoms with Crippen LogP contribution < -0.4 is 5.32 Å². The van der Waals surface area contributed by atoms with Gasteiger partial charge >= 0.3 is 0 Å². The quantitative estimate of drug-likeness (QED) is 0.733. The number of anilines is 1. The molecule has 0 radical (unpaired) electrons. The molecule has 0 spiro atoms. The molecule has 0 aromatic carbocycles. The van der Waals surface area contributed by atoms with Gasteiger partial charge in [-0.05, 0) is 32.0 Å². The maximum atomic E-state index is 12.4. The highest BCUT2D eigenvalue weighted by Gasteiger charge is 2.19. The third-order valence-electron chi connectivity index (χ3n) is 3.43. The molecule has 3 rings (SSSR count). The fourth-order valence-electron chi connectivity index (χ4n) is 2.16. The fourth-order valence-corrected chi connectivity index (χ4v) is 3.97. The molecule has 0 fully saturated rings. The van der Waals surface area contributed by atoms with E-state index in [1.165, 1.54) is 9.78 Å². The topological polar surface area (TPSA) is 91.0 Å². The number of amides is 2. The summed E-state index contributed by atoms with van der Waals surface area (Å²) >= 11 is 2.78. The summed E-state index contributed by atoms with van der Waals surface area (Å²) < 4.78 is 0. The number of aromatic amines is 1. The Bertz CT molecular complexity index is 938. The lowest BCUT2D eigenvalue weighted by molar-refractivity contribution is 0.0831. The lowest BCUT2D eigenvalue weighted by Gasteiger charge is -2.07. The summed E-state index contributed by atoms with van der Waals surface area (Å²) in [5.74, 6) is -0.501. The van der Waals surface area contributed by atoms with Crippen LogP contribution in [0.2, 0.25) is 0 Å². The number of hydrogen-bond donors (Lipinski definition) is 2.